The summed E-state index contributed by atoms with van der Waals surface area (Å²) in [5.41, 5.74) is 0. The van der Waals surface area contributed by atoms with E-state index in [0.29, 0.717) is 11.8 Å². The zero-order valence-electron chi connectivity index (χ0n) is 18.1. The second-order valence-electron chi connectivity index (χ2n) is 7.20. The number of carbonyl (C=O) groups excluding carboxylic acids is 2. The molecule has 32 heavy (non-hydrogen) atoms. The van der Waals surface area contributed by atoms with Gasteiger partial charge in [-0.2, -0.15) is 4.72 Å². The number of fused-ring (bicyclic) bond motifs is 1. The first-order chi connectivity index (χ1) is 15.2. The average Bonchev–Trinajstić information content (AvgIpc) is 2.75. The number of sulfonamides is 1. The smallest absolute Gasteiger partial charge is 0.325 e. The maximum Gasteiger partial charge on any atom is 0.325 e. The van der Waals surface area contributed by atoms with Gasteiger partial charge in [-0.1, -0.05) is 43.7 Å². The Hall–Kier alpha value is -2.98. The molecular formula is C22H28N2O7S. The van der Waals surface area contributed by atoms with Gasteiger partial charge in [0, 0.05) is 6.54 Å². The molecule has 0 unspecified atom stereocenters. The molecule has 2 N–H and O–H groups in total. The summed E-state index contributed by atoms with van der Waals surface area (Å²) in [6.07, 6.45) is 0.512. The Morgan fingerprint density at radius 3 is 2.41 bits per heavy atom. The quantitative estimate of drug-likeness (QED) is 0.460. The molecule has 0 aliphatic heterocycles. The Labute approximate surface area is 187 Å². The summed E-state index contributed by atoms with van der Waals surface area (Å²) in [5, 5.41) is 10.8. The van der Waals surface area contributed by atoms with Crippen molar-refractivity contribution in [3.63, 3.8) is 0 Å². The molecule has 9 nitrogen and oxygen atoms in total. The maximum atomic E-state index is 13.1. The van der Waals surface area contributed by atoms with Crippen molar-refractivity contribution in [3.05, 3.63) is 42.5 Å². The van der Waals surface area contributed by atoms with Gasteiger partial charge in [0.2, 0.25) is 15.9 Å². The third-order valence-corrected chi connectivity index (χ3v) is 6.19. The minimum atomic E-state index is -4.21. The van der Waals surface area contributed by atoms with Gasteiger partial charge in [-0.15, -0.1) is 0 Å². The Morgan fingerprint density at radius 1 is 1.09 bits per heavy atom. The number of aliphatic carboxylic acids is 1. The summed E-state index contributed by atoms with van der Waals surface area (Å²) < 4.78 is 33.0. The Bertz CT molecular complexity index is 1070. The highest BCUT2D eigenvalue weighted by Gasteiger charge is 2.32. The molecule has 0 radical (unpaired) electrons. The fraction of sp³-hybridized carbons (Fsp3) is 0.409. The molecule has 0 bridgehead atoms. The number of nitrogens with one attached hydrogen (secondary N) is 1. The van der Waals surface area contributed by atoms with Crippen LogP contribution in [0.4, 0.5) is 0 Å². The van der Waals surface area contributed by atoms with Crippen LogP contribution >= 0.6 is 0 Å². The SMILES string of the molecule is CCCCN(CC(=O)OCC)C(=O)[C@H](CC(=O)O)NS(=O)(=O)c1ccc2ccccc2c1. The van der Waals surface area contributed by atoms with E-state index in [1.54, 1.807) is 25.1 Å². The van der Waals surface area contributed by atoms with E-state index in [1.807, 2.05) is 19.1 Å². The lowest BCUT2D eigenvalue weighted by atomic mass is 10.1. The van der Waals surface area contributed by atoms with Crippen LogP contribution < -0.4 is 4.72 Å². The predicted octanol–water partition coefficient (Wildman–Crippen LogP) is 2.15. The van der Waals surface area contributed by atoms with Crippen molar-refractivity contribution in [3.8, 4) is 0 Å². The van der Waals surface area contributed by atoms with Crippen molar-refractivity contribution in [1.29, 1.82) is 0 Å². The lowest BCUT2D eigenvalue weighted by Gasteiger charge is -2.26. The monoisotopic (exact) mass is 464 g/mol. The normalized spacial score (nSPS) is 12.3. The largest absolute Gasteiger partial charge is 0.481 e. The molecule has 0 saturated carbocycles. The molecule has 0 fully saturated rings. The van der Waals surface area contributed by atoms with Crippen molar-refractivity contribution < 1.29 is 32.6 Å². The molecule has 1 atom stereocenters. The minimum Gasteiger partial charge on any atom is -0.481 e. The number of hydrogen-bond acceptors (Lipinski definition) is 6. The fourth-order valence-electron chi connectivity index (χ4n) is 3.14. The number of rotatable bonds is 12. The van der Waals surface area contributed by atoms with Crippen LogP contribution in [-0.4, -0.2) is 62.0 Å². The maximum absolute atomic E-state index is 13.1. The van der Waals surface area contributed by atoms with Crippen molar-refractivity contribution in [1.82, 2.24) is 9.62 Å². The van der Waals surface area contributed by atoms with Gasteiger partial charge in [0.15, 0.2) is 0 Å². The third-order valence-electron chi connectivity index (χ3n) is 4.72. The van der Waals surface area contributed by atoms with E-state index in [1.165, 1.54) is 12.1 Å². The van der Waals surface area contributed by atoms with Crippen LogP contribution in [-0.2, 0) is 29.1 Å². The topological polar surface area (TPSA) is 130 Å². The molecule has 0 spiro atoms. The van der Waals surface area contributed by atoms with Crippen LogP contribution in [0.15, 0.2) is 47.4 Å². The van der Waals surface area contributed by atoms with Crippen molar-refractivity contribution in [2.45, 2.75) is 44.0 Å². The number of amides is 1. The second-order valence-corrected chi connectivity index (χ2v) is 8.91. The number of unbranched alkanes of at least 4 members (excludes halogenated alkanes) is 1. The van der Waals surface area contributed by atoms with E-state index in [2.05, 4.69) is 4.72 Å². The number of ether oxygens (including phenoxy) is 1. The first-order valence-corrected chi connectivity index (χ1v) is 11.8. The first kappa shape index (κ1) is 25.3. The molecular weight excluding hydrogens is 436 g/mol. The molecule has 2 rings (SSSR count). The van der Waals surface area contributed by atoms with Gasteiger partial charge in [0.1, 0.15) is 12.6 Å². The number of carboxylic acids is 1. The van der Waals surface area contributed by atoms with Gasteiger partial charge in [0.05, 0.1) is 17.9 Å². The molecule has 0 aromatic heterocycles. The van der Waals surface area contributed by atoms with E-state index in [9.17, 15) is 27.9 Å². The summed E-state index contributed by atoms with van der Waals surface area (Å²) in [6, 6.07) is 10.1. The van der Waals surface area contributed by atoms with E-state index in [-0.39, 0.29) is 24.6 Å². The first-order valence-electron chi connectivity index (χ1n) is 10.3. The average molecular weight is 465 g/mol. The summed E-state index contributed by atoms with van der Waals surface area (Å²) in [6.45, 7) is 3.43. The van der Waals surface area contributed by atoms with Crippen molar-refractivity contribution >= 4 is 38.6 Å². The summed E-state index contributed by atoms with van der Waals surface area (Å²) in [7, 11) is -4.21. The molecule has 2 aromatic rings. The summed E-state index contributed by atoms with van der Waals surface area (Å²) in [5.74, 6) is -2.79. The van der Waals surface area contributed by atoms with Crippen LogP contribution in [0.2, 0.25) is 0 Å². The molecule has 174 valence electrons. The second kappa shape index (κ2) is 11.6. The van der Waals surface area contributed by atoms with Crippen LogP contribution in [0.3, 0.4) is 0 Å². The zero-order valence-corrected chi connectivity index (χ0v) is 18.9. The summed E-state index contributed by atoms with van der Waals surface area (Å²) >= 11 is 0. The van der Waals surface area contributed by atoms with Crippen molar-refractivity contribution in [2.24, 2.45) is 0 Å². The van der Waals surface area contributed by atoms with Crippen molar-refractivity contribution in [2.75, 3.05) is 19.7 Å². The summed E-state index contributed by atoms with van der Waals surface area (Å²) in [4.78, 5) is 37.4. The zero-order chi connectivity index (χ0) is 23.7. The van der Waals surface area contributed by atoms with Gasteiger partial charge >= 0.3 is 11.9 Å². The molecule has 0 saturated heterocycles. The molecule has 1 amide bonds. The van der Waals surface area contributed by atoms with E-state index >= 15 is 0 Å². The van der Waals surface area contributed by atoms with Crippen LogP contribution in [0, 0.1) is 0 Å². The number of hydrogen-bond donors (Lipinski definition) is 2. The Morgan fingerprint density at radius 2 is 1.78 bits per heavy atom. The van der Waals surface area contributed by atoms with Crippen LogP contribution in [0.25, 0.3) is 10.8 Å². The molecule has 2 aromatic carbocycles. The lowest BCUT2D eigenvalue weighted by molar-refractivity contribution is -0.150. The van der Waals surface area contributed by atoms with Gasteiger partial charge in [-0.05, 0) is 36.2 Å². The van der Waals surface area contributed by atoms with E-state index in [4.69, 9.17) is 4.74 Å². The molecule has 0 aliphatic carbocycles. The number of esters is 1. The highest BCUT2D eigenvalue weighted by Crippen LogP contribution is 2.19. The fourth-order valence-corrected chi connectivity index (χ4v) is 4.37. The van der Waals surface area contributed by atoms with Gasteiger partial charge < -0.3 is 14.7 Å². The number of nitrogens with zero attached hydrogens (tertiary/aromatic N) is 1. The van der Waals surface area contributed by atoms with Gasteiger partial charge in [-0.25, -0.2) is 8.42 Å². The van der Waals surface area contributed by atoms with E-state index < -0.39 is 40.3 Å². The molecule has 0 aliphatic rings. The highest BCUT2D eigenvalue weighted by atomic mass is 32.2. The predicted molar refractivity (Wildman–Crippen MR) is 118 cm³/mol. The molecule has 0 heterocycles. The molecule has 10 heteroatoms. The standard InChI is InChI=1S/C22H28N2O7S/c1-3-5-12-24(15-21(27)31-4-2)22(28)19(14-20(25)26)23-32(29,30)18-11-10-16-8-6-7-9-17(16)13-18/h6-11,13,19,23H,3-5,12,14-15H2,1-2H3,(H,25,26)/t19-/m0/s1. The number of benzene rings is 2. The van der Waals surface area contributed by atoms with Crippen LogP contribution in [0.1, 0.15) is 33.1 Å². The lowest BCUT2D eigenvalue weighted by Crippen LogP contribution is -2.51. The third kappa shape index (κ3) is 7.03. The number of carboxylic acid groups (broad SMARTS) is 1. The van der Waals surface area contributed by atoms with Gasteiger partial charge in [0.25, 0.3) is 0 Å². The van der Waals surface area contributed by atoms with Crippen LogP contribution in [0.5, 0.6) is 0 Å². The minimum absolute atomic E-state index is 0.0927. The Balaban J connectivity index is 2.31. The number of carbonyl (C=O) groups is 3. The van der Waals surface area contributed by atoms with Gasteiger partial charge in [-0.3, -0.25) is 14.4 Å². The van der Waals surface area contributed by atoms with E-state index in [0.717, 1.165) is 16.7 Å². The highest BCUT2D eigenvalue weighted by molar-refractivity contribution is 7.89. The Kier molecular flexibility index (Phi) is 9.15.